The zero-order chi connectivity index (χ0) is 19.7. The van der Waals surface area contributed by atoms with Gasteiger partial charge in [0.25, 0.3) is 5.91 Å². The molecule has 2 heterocycles. The zero-order valence-corrected chi connectivity index (χ0v) is 16.9. The van der Waals surface area contributed by atoms with Crippen LogP contribution in [0.1, 0.15) is 16.8 Å². The van der Waals surface area contributed by atoms with E-state index in [2.05, 4.69) is 20.9 Å². The van der Waals surface area contributed by atoms with E-state index >= 15 is 0 Å². The second-order valence-corrected chi connectivity index (χ2v) is 7.66. The summed E-state index contributed by atoms with van der Waals surface area (Å²) in [6, 6.07) is 19.0. The maximum absolute atomic E-state index is 12.8. The first-order chi connectivity index (χ1) is 13.5. The van der Waals surface area contributed by atoms with E-state index in [0.717, 1.165) is 27.0 Å². The molecule has 6 heteroatoms. The molecule has 3 amide bonds. The molecule has 0 unspecified atom stereocenters. The Kier molecular flexibility index (Phi) is 4.96. The quantitative estimate of drug-likeness (QED) is 0.583. The summed E-state index contributed by atoms with van der Waals surface area (Å²) in [7, 11) is 0. The largest absolute Gasteiger partial charge is 0.351 e. The van der Waals surface area contributed by atoms with E-state index in [1.54, 1.807) is 0 Å². The Morgan fingerprint density at radius 3 is 2.39 bits per heavy atom. The van der Waals surface area contributed by atoms with Crippen LogP contribution in [0.5, 0.6) is 0 Å². The van der Waals surface area contributed by atoms with E-state index < -0.39 is 6.03 Å². The first-order valence-corrected chi connectivity index (χ1v) is 9.72. The molecule has 0 aliphatic carbocycles. The number of nitrogens with zero attached hydrogens (tertiary/aromatic N) is 3. The van der Waals surface area contributed by atoms with Gasteiger partial charge in [-0.2, -0.15) is 4.99 Å². The van der Waals surface area contributed by atoms with Crippen LogP contribution in [-0.2, 0) is 17.8 Å². The summed E-state index contributed by atoms with van der Waals surface area (Å²) >= 11 is 3.43. The minimum absolute atomic E-state index is 0.235. The topological polar surface area (TPSA) is 54.7 Å². The van der Waals surface area contributed by atoms with Crippen LogP contribution in [-0.4, -0.2) is 27.1 Å². The van der Waals surface area contributed by atoms with Crippen molar-refractivity contribution in [3.8, 4) is 5.69 Å². The second-order valence-electron chi connectivity index (χ2n) is 6.74. The van der Waals surface area contributed by atoms with E-state index in [1.165, 1.54) is 4.90 Å². The van der Waals surface area contributed by atoms with Crippen LogP contribution in [0, 0.1) is 6.92 Å². The third-order valence-electron chi connectivity index (χ3n) is 4.70. The van der Waals surface area contributed by atoms with E-state index in [-0.39, 0.29) is 18.2 Å². The van der Waals surface area contributed by atoms with Crippen LogP contribution >= 0.6 is 15.9 Å². The number of aryl methyl sites for hydroxylation is 1. The third kappa shape index (κ3) is 3.68. The Morgan fingerprint density at radius 1 is 0.964 bits per heavy atom. The van der Waals surface area contributed by atoms with Crippen molar-refractivity contribution < 1.29 is 9.59 Å². The van der Waals surface area contributed by atoms with Crippen molar-refractivity contribution in [2.75, 3.05) is 0 Å². The molecule has 28 heavy (non-hydrogen) atoms. The van der Waals surface area contributed by atoms with Crippen molar-refractivity contribution in [1.29, 1.82) is 0 Å². The molecule has 0 bridgehead atoms. The molecule has 5 nitrogen and oxygen atoms in total. The Balaban J connectivity index is 1.52. The number of rotatable bonds is 5. The van der Waals surface area contributed by atoms with Crippen molar-refractivity contribution in [3.63, 3.8) is 0 Å². The van der Waals surface area contributed by atoms with Gasteiger partial charge in [-0.3, -0.25) is 9.69 Å². The van der Waals surface area contributed by atoms with Crippen molar-refractivity contribution in [3.05, 3.63) is 88.2 Å². The average Bonchev–Trinajstić information content (AvgIpc) is 3.24. The molecule has 0 saturated heterocycles. The van der Waals surface area contributed by atoms with Gasteiger partial charge in [-0.05, 0) is 48.9 Å². The number of aliphatic imine (C=N–C) groups is 1. The van der Waals surface area contributed by atoms with Crippen LogP contribution in [0.2, 0.25) is 0 Å². The predicted octanol–water partition coefficient (Wildman–Crippen LogP) is 4.69. The molecule has 3 aromatic rings. The molecule has 2 aromatic carbocycles. The highest BCUT2D eigenvalue weighted by molar-refractivity contribution is 9.10. The summed E-state index contributed by atoms with van der Waals surface area (Å²) in [4.78, 5) is 30.3. The molecule has 1 aliphatic heterocycles. The summed E-state index contributed by atoms with van der Waals surface area (Å²) in [5.74, 6) is -0.325. The zero-order valence-electron chi connectivity index (χ0n) is 15.3. The fourth-order valence-electron chi connectivity index (χ4n) is 3.18. The summed E-state index contributed by atoms with van der Waals surface area (Å²) in [6.45, 7) is 2.23. The monoisotopic (exact) mass is 435 g/mol. The SMILES string of the molecule is Cc1ccc(CN2C(=O)N=C(Cc3cccn3-c3ccc(Br)cc3)C2=O)cc1. The Bertz CT molecular complexity index is 1070. The number of hydrogen-bond donors (Lipinski definition) is 0. The molecule has 1 aromatic heterocycles. The normalized spacial score (nSPS) is 13.9. The van der Waals surface area contributed by atoms with Gasteiger partial charge in [0.05, 0.1) is 6.54 Å². The Morgan fingerprint density at radius 2 is 1.68 bits per heavy atom. The predicted molar refractivity (Wildman–Crippen MR) is 112 cm³/mol. The minimum atomic E-state index is -0.498. The number of carbonyl (C=O) groups excluding carboxylic acids is 2. The molecule has 0 atom stereocenters. The maximum atomic E-state index is 12.8. The highest BCUT2D eigenvalue weighted by Crippen LogP contribution is 2.20. The smallest absolute Gasteiger partial charge is 0.321 e. The van der Waals surface area contributed by atoms with Crippen LogP contribution in [0.4, 0.5) is 4.79 Å². The number of urea groups is 1. The van der Waals surface area contributed by atoms with Crippen LogP contribution < -0.4 is 0 Å². The maximum Gasteiger partial charge on any atom is 0.351 e. The van der Waals surface area contributed by atoms with Crippen molar-refractivity contribution in [2.45, 2.75) is 19.9 Å². The van der Waals surface area contributed by atoms with Gasteiger partial charge in [-0.1, -0.05) is 45.8 Å². The molecule has 0 N–H and O–H groups in total. The van der Waals surface area contributed by atoms with Gasteiger partial charge >= 0.3 is 6.03 Å². The van der Waals surface area contributed by atoms with Crippen LogP contribution in [0.25, 0.3) is 5.69 Å². The molecular weight excluding hydrogens is 418 g/mol. The van der Waals surface area contributed by atoms with Gasteiger partial charge in [-0.15, -0.1) is 0 Å². The lowest BCUT2D eigenvalue weighted by molar-refractivity contribution is -0.121. The number of aromatic nitrogens is 1. The molecule has 0 saturated carbocycles. The number of hydrogen-bond acceptors (Lipinski definition) is 2. The van der Waals surface area contributed by atoms with E-state index in [0.29, 0.717) is 6.42 Å². The average molecular weight is 436 g/mol. The first-order valence-electron chi connectivity index (χ1n) is 8.92. The molecule has 4 rings (SSSR count). The molecular formula is C22H18BrN3O2. The van der Waals surface area contributed by atoms with Crippen molar-refractivity contribution >= 4 is 33.6 Å². The third-order valence-corrected chi connectivity index (χ3v) is 5.23. The van der Waals surface area contributed by atoms with Crippen LogP contribution in [0.3, 0.4) is 0 Å². The van der Waals surface area contributed by atoms with Gasteiger partial charge in [0.15, 0.2) is 0 Å². The summed E-state index contributed by atoms with van der Waals surface area (Å²) < 4.78 is 2.99. The Labute approximate surface area is 171 Å². The number of halogens is 1. The summed E-state index contributed by atoms with van der Waals surface area (Å²) in [6.07, 6.45) is 2.24. The van der Waals surface area contributed by atoms with Crippen molar-refractivity contribution in [2.24, 2.45) is 4.99 Å². The lowest BCUT2D eigenvalue weighted by Gasteiger charge is -2.13. The van der Waals surface area contributed by atoms with Gasteiger partial charge in [-0.25, -0.2) is 4.79 Å². The van der Waals surface area contributed by atoms with Gasteiger partial charge < -0.3 is 4.57 Å². The van der Waals surface area contributed by atoms with E-state index in [1.807, 2.05) is 78.4 Å². The Hall–Kier alpha value is -2.99. The molecule has 0 radical (unpaired) electrons. The highest BCUT2D eigenvalue weighted by atomic mass is 79.9. The molecule has 1 aliphatic rings. The molecule has 0 spiro atoms. The van der Waals surface area contributed by atoms with Crippen molar-refractivity contribution in [1.82, 2.24) is 9.47 Å². The minimum Gasteiger partial charge on any atom is -0.321 e. The number of benzene rings is 2. The second kappa shape index (κ2) is 7.56. The lowest BCUT2D eigenvalue weighted by Crippen LogP contribution is -2.33. The lowest BCUT2D eigenvalue weighted by atomic mass is 10.1. The first kappa shape index (κ1) is 18.4. The van der Waals surface area contributed by atoms with E-state index in [9.17, 15) is 9.59 Å². The summed E-state index contributed by atoms with van der Waals surface area (Å²) in [5.41, 5.74) is 4.20. The number of imide groups is 1. The fraction of sp³-hybridized carbons (Fsp3) is 0.136. The highest BCUT2D eigenvalue weighted by Gasteiger charge is 2.33. The van der Waals surface area contributed by atoms with Gasteiger partial charge in [0, 0.05) is 28.5 Å². The molecule has 140 valence electrons. The van der Waals surface area contributed by atoms with Gasteiger partial charge in [0.2, 0.25) is 0 Å². The van der Waals surface area contributed by atoms with E-state index in [4.69, 9.17) is 0 Å². The standard InChI is InChI=1S/C22H18BrN3O2/c1-15-4-6-16(7-5-15)14-26-21(27)20(24-22(26)28)13-19-3-2-12-25(19)18-10-8-17(23)9-11-18/h2-12H,13-14H2,1H3. The van der Waals surface area contributed by atoms with Crippen LogP contribution in [0.15, 0.2) is 76.3 Å². The number of carbonyl (C=O) groups is 2. The number of amides is 3. The van der Waals surface area contributed by atoms with Gasteiger partial charge in [0.1, 0.15) is 5.71 Å². The summed E-state index contributed by atoms with van der Waals surface area (Å²) in [5, 5.41) is 0. The molecule has 0 fully saturated rings. The fourth-order valence-corrected chi connectivity index (χ4v) is 3.45.